The zero-order valence-corrected chi connectivity index (χ0v) is 10.1. The van der Waals surface area contributed by atoms with Crippen molar-refractivity contribution in [3.8, 4) is 0 Å². The molecule has 3 rings (SSSR count). The third-order valence-corrected chi connectivity index (χ3v) is 5.66. The average molecular weight is 226 g/mol. The van der Waals surface area contributed by atoms with Crippen LogP contribution >= 0.6 is 23.5 Å². The molecule has 4 heteroatoms. The Bertz CT molecular complexity index is 294. The molecule has 1 fully saturated rings. The van der Waals surface area contributed by atoms with E-state index >= 15 is 0 Å². The number of hydrogen-bond donors (Lipinski definition) is 0. The van der Waals surface area contributed by atoms with Gasteiger partial charge >= 0.3 is 0 Å². The molecular formula is C10H14N2S2. The zero-order valence-electron chi connectivity index (χ0n) is 8.43. The highest BCUT2D eigenvalue weighted by Gasteiger charge is 2.42. The highest BCUT2D eigenvalue weighted by atomic mass is 32.2. The summed E-state index contributed by atoms with van der Waals surface area (Å²) in [5.41, 5.74) is 0. The maximum Gasteiger partial charge on any atom is 0.0652 e. The molecule has 0 N–H and O–H groups in total. The van der Waals surface area contributed by atoms with Crippen molar-refractivity contribution in [3.63, 3.8) is 0 Å². The number of nitrogens with zero attached hydrogens (tertiary/aromatic N) is 2. The van der Waals surface area contributed by atoms with Gasteiger partial charge in [0.15, 0.2) is 0 Å². The van der Waals surface area contributed by atoms with Gasteiger partial charge in [-0.3, -0.25) is 9.98 Å². The zero-order chi connectivity index (χ0) is 9.71. The molecule has 76 valence electrons. The summed E-state index contributed by atoms with van der Waals surface area (Å²) in [4.78, 5) is 9.39. The lowest BCUT2D eigenvalue weighted by atomic mass is 9.91. The standard InChI is InChI=1S/C10H14N2S2/c1-5-11-7-3-8-10(4-9(7)13-5)14-6(2)12-8/h7-10H,3-4H2,1-2H3. The first-order valence-corrected chi connectivity index (χ1v) is 6.90. The van der Waals surface area contributed by atoms with Gasteiger partial charge in [-0.1, -0.05) is 0 Å². The van der Waals surface area contributed by atoms with E-state index < -0.39 is 0 Å². The highest BCUT2D eigenvalue weighted by molar-refractivity contribution is 8.15. The van der Waals surface area contributed by atoms with E-state index in [4.69, 9.17) is 9.98 Å². The minimum Gasteiger partial charge on any atom is -0.279 e. The second kappa shape index (κ2) is 3.27. The Morgan fingerprint density at radius 1 is 0.929 bits per heavy atom. The number of thioether (sulfide) groups is 2. The Labute approximate surface area is 93.0 Å². The van der Waals surface area contributed by atoms with E-state index in [2.05, 4.69) is 13.8 Å². The maximum atomic E-state index is 4.70. The predicted molar refractivity (Wildman–Crippen MR) is 65.8 cm³/mol. The molecule has 2 nitrogen and oxygen atoms in total. The van der Waals surface area contributed by atoms with E-state index in [0.29, 0.717) is 12.1 Å². The van der Waals surface area contributed by atoms with Gasteiger partial charge in [0.25, 0.3) is 0 Å². The normalized spacial score (nSPS) is 45.6. The monoisotopic (exact) mass is 226 g/mol. The molecule has 0 saturated heterocycles. The molecule has 1 aliphatic carbocycles. The van der Waals surface area contributed by atoms with E-state index in [1.807, 2.05) is 23.5 Å². The number of fused-ring (bicyclic) bond motifs is 2. The van der Waals surface area contributed by atoms with Crippen molar-refractivity contribution in [2.45, 2.75) is 49.3 Å². The van der Waals surface area contributed by atoms with Gasteiger partial charge in [0.05, 0.1) is 22.2 Å². The molecule has 1 saturated carbocycles. The van der Waals surface area contributed by atoms with Crippen LogP contribution in [0.1, 0.15) is 26.7 Å². The summed E-state index contributed by atoms with van der Waals surface area (Å²) in [6.45, 7) is 4.28. The van der Waals surface area contributed by atoms with E-state index in [1.165, 1.54) is 22.9 Å². The number of aliphatic imine (C=N–C) groups is 2. The fourth-order valence-corrected chi connectivity index (χ4v) is 5.24. The Balaban J connectivity index is 1.79. The van der Waals surface area contributed by atoms with Gasteiger partial charge in [-0.05, 0) is 26.7 Å². The molecule has 0 aromatic heterocycles. The minimum atomic E-state index is 0.566. The van der Waals surface area contributed by atoms with E-state index in [-0.39, 0.29) is 0 Å². The van der Waals surface area contributed by atoms with E-state index in [0.717, 1.165) is 10.5 Å². The van der Waals surface area contributed by atoms with Crippen LogP contribution in [0.3, 0.4) is 0 Å². The number of hydrogen-bond acceptors (Lipinski definition) is 4. The molecule has 3 aliphatic rings. The van der Waals surface area contributed by atoms with Crippen LogP contribution in [0, 0.1) is 0 Å². The predicted octanol–water partition coefficient (Wildman–Crippen LogP) is 2.59. The molecule has 14 heavy (non-hydrogen) atoms. The van der Waals surface area contributed by atoms with Gasteiger partial charge in [-0.25, -0.2) is 0 Å². The lowest BCUT2D eigenvalue weighted by Gasteiger charge is -2.30. The number of rotatable bonds is 0. The van der Waals surface area contributed by atoms with E-state index in [9.17, 15) is 0 Å². The highest BCUT2D eigenvalue weighted by Crippen LogP contribution is 2.44. The third kappa shape index (κ3) is 1.43. The van der Waals surface area contributed by atoms with Crippen LogP contribution < -0.4 is 0 Å². The van der Waals surface area contributed by atoms with Crippen LogP contribution in [-0.4, -0.2) is 32.7 Å². The van der Waals surface area contributed by atoms with Crippen LogP contribution in [-0.2, 0) is 0 Å². The fourth-order valence-electron chi connectivity index (χ4n) is 2.59. The van der Waals surface area contributed by atoms with E-state index in [1.54, 1.807) is 0 Å². The molecule has 0 spiro atoms. The molecular weight excluding hydrogens is 212 g/mol. The Hall–Kier alpha value is 0.0400. The summed E-state index contributed by atoms with van der Waals surface area (Å²) in [7, 11) is 0. The second-order valence-electron chi connectivity index (χ2n) is 4.21. The average Bonchev–Trinajstić information content (AvgIpc) is 2.59. The first-order valence-electron chi connectivity index (χ1n) is 5.14. The molecule has 0 aromatic carbocycles. The largest absolute Gasteiger partial charge is 0.279 e. The van der Waals surface area contributed by atoms with Crippen molar-refractivity contribution in [2.75, 3.05) is 0 Å². The summed E-state index contributed by atoms with van der Waals surface area (Å²) in [6.07, 6.45) is 2.48. The van der Waals surface area contributed by atoms with Crippen LogP contribution in [0.5, 0.6) is 0 Å². The van der Waals surface area contributed by atoms with Crippen molar-refractivity contribution >= 4 is 33.6 Å². The minimum absolute atomic E-state index is 0.566. The lowest BCUT2D eigenvalue weighted by molar-refractivity contribution is 0.426. The van der Waals surface area contributed by atoms with Crippen molar-refractivity contribution < 1.29 is 0 Å². The van der Waals surface area contributed by atoms with Gasteiger partial charge in [-0.15, -0.1) is 23.5 Å². The van der Waals surface area contributed by atoms with Crippen LogP contribution in [0.25, 0.3) is 0 Å². The molecule has 0 aromatic rings. The molecule has 0 amide bonds. The van der Waals surface area contributed by atoms with Crippen LogP contribution in [0.15, 0.2) is 9.98 Å². The van der Waals surface area contributed by atoms with Crippen LogP contribution in [0.4, 0.5) is 0 Å². The Kier molecular flexibility index (Phi) is 2.17. The maximum absolute atomic E-state index is 4.70. The summed E-state index contributed by atoms with van der Waals surface area (Å²) in [5, 5.41) is 4.08. The molecule has 2 heterocycles. The summed E-state index contributed by atoms with van der Waals surface area (Å²) < 4.78 is 0. The van der Waals surface area contributed by atoms with Gasteiger partial charge in [0.2, 0.25) is 0 Å². The quantitative estimate of drug-likeness (QED) is 0.634. The molecule has 4 unspecified atom stereocenters. The lowest BCUT2D eigenvalue weighted by Crippen LogP contribution is -2.36. The van der Waals surface area contributed by atoms with Gasteiger partial charge in [-0.2, -0.15) is 0 Å². The third-order valence-electron chi connectivity index (χ3n) is 3.15. The topological polar surface area (TPSA) is 24.7 Å². The van der Waals surface area contributed by atoms with Crippen molar-refractivity contribution in [2.24, 2.45) is 9.98 Å². The van der Waals surface area contributed by atoms with Crippen molar-refractivity contribution in [1.82, 2.24) is 0 Å². The molecule has 0 bridgehead atoms. The first-order chi connectivity index (χ1) is 6.72. The molecule has 4 atom stereocenters. The fraction of sp³-hybridized carbons (Fsp3) is 0.800. The SMILES string of the molecule is CC1=NC2CC3N=C(C)SC3CC2S1. The molecule has 0 radical (unpaired) electrons. The van der Waals surface area contributed by atoms with Gasteiger partial charge in [0.1, 0.15) is 0 Å². The van der Waals surface area contributed by atoms with Crippen molar-refractivity contribution in [1.29, 1.82) is 0 Å². The first kappa shape index (κ1) is 9.28. The van der Waals surface area contributed by atoms with Crippen molar-refractivity contribution in [3.05, 3.63) is 0 Å². The van der Waals surface area contributed by atoms with Gasteiger partial charge in [0, 0.05) is 10.5 Å². The second-order valence-corrected chi connectivity index (χ2v) is 7.08. The molecule has 2 aliphatic heterocycles. The summed E-state index contributed by atoms with van der Waals surface area (Å²) in [5.74, 6) is 0. The van der Waals surface area contributed by atoms with Gasteiger partial charge < -0.3 is 0 Å². The summed E-state index contributed by atoms with van der Waals surface area (Å²) >= 11 is 3.97. The van der Waals surface area contributed by atoms with Crippen LogP contribution in [0.2, 0.25) is 0 Å². The Morgan fingerprint density at radius 3 is 1.93 bits per heavy atom. The smallest absolute Gasteiger partial charge is 0.0652 e. The summed E-state index contributed by atoms with van der Waals surface area (Å²) in [6, 6.07) is 1.13. The Morgan fingerprint density at radius 2 is 1.43 bits per heavy atom.